The topological polar surface area (TPSA) is 174 Å². The second-order valence-corrected chi connectivity index (χ2v) is 42.0. The van der Waals surface area contributed by atoms with E-state index in [2.05, 4.69) is 47.3 Å². The van der Waals surface area contributed by atoms with Crippen LogP contribution < -0.4 is 0 Å². The van der Waals surface area contributed by atoms with E-state index in [1.165, 1.54) is 263 Å². The molecular weight excluding hydrogens is 1570 g/mol. The first kappa shape index (κ1) is 102. The van der Waals surface area contributed by atoms with E-state index < -0.39 is 29.0 Å². The van der Waals surface area contributed by atoms with Gasteiger partial charge in [-0.15, -0.1) is 0 Å². The van der Waals surface area contributed by atoms with Crippen molar-refractivity contribution in [2.75, 3.05) is 6.54 Å². The van der Waals surface area contributed by atoms with Gasteiger partial charge in [-0.25, -0.2) is 33.7 Å². The molecule has 13 saturated carbocycles. The fourth-order valence-electron chi connectivity index (χ4n) is 25.4. The number of amides is 6. The molecule has 13 aliphatic carbocycles. The number of benzene rings is 2. The minimum atomic E-state index is -0.617. The van der Waals surface area contributed by atoms with Crippen LogP contribution in [0.3, 0.4) is 0 Å². The Morgan fingerprint density at radius 2 is 0.563 bits per heavy atom. The van der Waals surface area contributed by atoms with Crippen LogP contribution in [0.25, 0.3) is 0 Å². The number of carbonyl (C=O) groups excluding carboxylic acids is 6. The zero-order chi connectivity index (χ0) is 90.0. The Balaban J connectivity index is 0.000000165. The third kappa shape index (κ3) is 28.9. The van der Waals surface area contributed by atoms with Gasteiger partial charge in [-0.1, -0.05) is 284 Å². The van der Waals surface area contributed by atoms with Gasteiger partial charge < -0.3 is 48.0 Å². The van der Waals surface area contributed by atoms with Crippen molar-refractivity contribution < 1.29 is 57.2 Å². The number of carbonyl (C=O) groups is 6. The predicted octanol–water partition coefficient (Wildman–Crippen LogP) is 30.7. The normalized spacial score (nSPS) is 23.7. The minimum absolute atomic E-state index is 0.0191. The van der Waals surface area contributed by atoms with E-state index in [0.29, 0.717) is 93.3 Å². The van der Waals surface area contributed by atoms with Crippen LogP contribution in [0.1, 0.15) is 479 Å². The van der Waals surface area contributed by atoms with Gasteiger partial charge in [0.15, 0.2) is 0 Å². The molecule has 714 valence electrons. The zero-order valence-corrected chi connectivity index (χ0v) is 82.1. The van der Waals surface area contributed by atoms with Gasteiger partial charge in [0.05, 0.1) is 0 Å². The second-order valence-electron chi connectivity index (χ2n) is 42.0. The first-order valence-electron chi connectivity index (χ1n) is 53.4. The van der Waals surface area contributed by atoms with Gasteiger partial charge in [-0.2, -0.15) is 0 Å². The summed E-state index contributed by atoms with van der Waals surface area (Å²) in [6.45, 7) is 24.9. The van der Waals surface area contributed by atoms with Gasteiger partial charge in [0.1, 0.15) is 33.6 Å². The molecule has 0 radical (unpaired) electrons. The molecule has 0 aliphatic heterocycles. The molecular formula is C109H181N5O12. The molecule has 17 heteroatoms. The summed E-state index contributed by atoms with van der Waals surface area (Å²) in [5.74, 6) is 2.52. The number of hydrogen-bond acceptors (Lipinski definition) is 12. The van der Waals surface area contributed by atoms with Crippen molar-refractivity contribution in [3.63, 3.8) is 0 Å². The van der Waals surface area contributed by atoms with E-state index in [0.717, 1.165) is 117 Å². The average molecular weight is 1750 g/mol. The number of imide groups is 1. The van der Waals surface area contributed by atoms with E-state index >= 15 is 0 Å². The fourth-order valence-corrected chi connectivity index (χ4v) is 25.4. The van der Waals surface area contributed by atoms with Crippen LogP contribution in [-0.2, 0) is 40.4 Å². The van der Waals surface area contributed by atoms with Crippen molar-refractivity contribution in [3.8, 4) is 0 Å². The van der Waals surface area contributed by atoms with Crippen molar-refractivity contribution in [1.82, 2.24) is 24.5 Å². The van der Waals surface area contributed by atoms with Crippen LogP contribution in [0.5, 0.6) is 0 Å². The average Bonchev–Trinajstić information content (AvgIpc) is 0.781. The lowest BCUT2D eigenvalue weighted by atomic mass is 9.54. The Kier molecular flexibility index (Phi) is 41.7. The van der Waals surface area contributed by atoms with Crippen molar-refractivity contribution in [3.05, 3.63) is 71.8 Å². The Morgan fingerprint density at radius 3 is 0.841 bits per heavy atom. The molecule has 0 heterocycles. The molecule has 15 rings (SSSR count). The van der Waals surface area contributed by atoms with Crippen LogP contribution in [0.2, 0.25) is 0 Å². The highest BCUT2D eigenvalue weighted by Crippen LogP contribution is 2.58. The monoisotopic (exact) mass is 1750 g/mol. The molecule has 4 bridgehead atoms. The highest BCUT2D eigenvalue weighted by Gasteiger charge is 2.55. The third-order valence-corrected chi connectivity index (χ3v) is 33.8. The second kappa shape index (κ2) is 51.3. The molecule has 2 aromatic rings. The maximum absolute atomic E-state index is 13.5. The maximum Gasteiger partial charge on any atom is 0.419 e. The quantitative estimate of drug-likeness (QED) is 0.0739. The lowest BCUT2D eigenvalue weighted by Gasteiger charge is -2.56. The maximum atomic E-state index is 13.5. The van der Waals surface area contributed by atoms with E-state index in [4.69, 9.17) is 28.4 Å². The Labute approximate surface area is 766 Å². The summed E-state index contributed by atoms with van der Waals surface area (Å²) in [6.07, 6.45) is 69.2. The summed E-state index contributed by atoms with van der Waals surface area (Å²) in [6, 6.07) is 23.3. The van der Waals surface area contributed by atoms with Crippen molar-refractivity contribution in [2.45, 2.75) is 557 Å². The summed E-state index contributed by atoms with van der Waals surface area (Å²) in [7, 11) is 0. The van der Waals surface area contributed by atoms with Crippen LogP contribution in [0, 0.1) is 17.8 Å². The van der Waals surface area contributed by atoms with Crippen molar-refractivity contribution in [1.29, 1.82) is 0 Å². The number of nitrogens with zero attached hydrogens (tertiary/aromatic N) is 5. The zero-order valence-electron chi connectivity index (χ0n) is 82.1. The van der Waals surface area contributed by atoms with Crippen molar-refractivity contribution >= 4 is 36.6 Å². The van der Waals surface area contributed by atoms with Gasteiger partial charge in [-0.3, -0.25) is 0 Å². The van der Waals surface area contributed by atoms with E-state index in [1.807, 2.05) is 116 Å². The first-order chi connectivity index (χ1) is 61.0. The molecule has 0 spiro atoms. The van der Waals surface area contributed by atoms with Crippen LogP contribution >= 0.6 is 0 Å². The smallest absolute Gasteiger partial charge is 0.419 e. The molecule has 126 heavy (non-hydrogen) atoms. The lowest BCUT2D eigenvalue weighted by molar-refractivity contribution is -0.138. The summed E-state index contributed by atoms with van der Waals surface area (Å²) in [4.78, 5) is 89.1. The summed E-state index contributed by atoms with van der Waals surface area (Å²) < 4.78 is 36.6. The molecule has 13 aliphatic rings. The standard InChI is InChI=1S/C24H39NO4.C23H37NO2.C22H33NO2.C20H35NO2.C20H37NO2/c1-7-23(8-2,9-3)28-21(26)25(19-18-20-16-14-13-15-17-20)22(27)29-24(10-4,11-5)12-6;25-22(26-23-14-17-11-18(15-23)13-19(12-17)16-23)24(20-7-3-1-4-8-20)21-9-5-2-6-10-21;1-22(2,18-12-6-3-7-13-18)25-21(24)23(19-14-8-4-9-15-19)20-16-10-5-11-17-20;1-2-20(15-9-10-16-20)23-19(22)21(17-11-5-3-6-12-17)18-13-7-4-8-14-18;1-4-20(5-2,6-3)23-19(22)21(17-13-9-7-10-14-17)18-15-11-8-12-16-18/h13-17H,7-12,18-19H2,1-6H3;17-21H,1-16H2;3,6-7,12-13,19-20H,4-5,8-11,14-17H2,1-2H3;17-18H,2-16H2,1H3;17-18H,4-16H2,1-3H3. The largest absolute Gasteiger partial charge is 0.443 e. The summed E-state index contributed by atoms with van der Waals surface area (Å²) in [5, 5.41) is 0. The summed E-state index contributed by atoms with van der Waals surface area (Å²) >= 11 is 0. The molecule has 17 nitrogen and oxygen atoms in total. The van der Waals surface area contributed by atoms with Gasteiger partial charge in [0, 0.05) is 54.9 Å². The predicted molar refractivity (Wildman–Crippen MR) is 511 cm³/mol. The number of rotatable bonds is 28. The molecule has 0 saturated heterocycles. The Bertz CT molecular complexity index is 3220. The van der Waals surface area contributed by atoms with Crippen LogP contribution in [0.15, 0.2) is 60.7 Å². The molecule has 13 fully saturated rings. The Morgan fingerprint density at radius 1 is 0.310 bits per heavy atom. The SMILES string of the molecule is CC(C)(OC(=O)N(C1CCCCC1)C1CCCCC1)c1ccccc1.CCC(CC)(CC)OC(=O)N(C1CCCCC1)C1CCCCC1.CCC(CC)(CC)OC(=O)N(CCc1ccccc1)C(=O)OC(CC)(CC)CC.CCC1(OC(=O)N(C2CCCCC2)C2CCCCC2)CCCC1.O=C(OC12CC3CC(CC(C3)C1)C2)N(C1CCCCC1)C1CCCCC1. The summed E-state index contributed by atoms with van der Waals surface area (Å²) in [5.41, 5.74) is -0.112. The highest BCUT2D eigenvalue weighted by molar-refractivity contribution is 5.88. The molecule has 0 unspecified atom stereocenters. The van der Waals surface area contributed by atoms with Gasteiger partial charge in [0.25, 0.3) is 0 Å². The van der Waals surface area contributed by atoms with Crippen molar-refractivity contribution in [2.24, 2.45) is 17.8 Å². The minimum Gasteiger partial charge on any atom is -0.443 e. The molecule has 6 amide bonds. The lowest BCUT2D eigenvalue weighted by Crippen LogP contribution is -2.56. The first-order valence-corrected chi connectivity index (χ1v) is 53.4. The molecule has 0 atom stereocenters. The third-order valence-electron chi connectivity index (χ3n) is 33.8. The van der Waals surface area contributed by atoms with E-state index in [-0.39, 0.29) is 47.7 Å². The van der Waals surface area contributed by atoms with E-state index in [9.17, 15) is 28.8 Å². The highest BCUT2D eigenvalue weighted by atomic mass is 16.6. The van der Waals surface area contributed by atoms with Gasteiger partial charge >= 0.3 is 36.6 Å². The Hall–Kier alpha value is -5.74. The molecule has 2 aromatic carbocycles. The fraction of sp³-hybridized carbons (Fsp3) is 0.835. The molecule has 0 N–H and O–H groups in total. The van der Waals surface area contributed by atoms with E-state index in [1.54, 1.807) is 0 Å². The number of hydrogen-bond donors (Lipinski definition) is 0. The molecule has 0 aromatic heterocycles. The van der Waals surface area contributed by atoms with Crippen LogP contribution in [0.4, 0.5) is 28.8 Å². The van der Waals surface area contributed by atoms with Gasteiger partial charge in [0.2, 0.25) is 0 Å². The van der Waals surface area contributed by atoms with Gasteiger partial charge in [-0.05, 0) is 280 Å². The van der Waals surface area contributed by atoms with Crippen LogP contribution in [-0.4, -0.2) is 144 Å². The number of ether oxygens (including phenoxy) is 6.